The fraction of sp³-hybridized carbons (Fsp3) is 0.909. The van der Waals surface area contributed by atoms with Crippen molar-refractivity contribution in [2.45, 2.75) is 46.3 Å². The summed E-state index contributed by atoms with van der Waals surface area (Å²) in [6, 6.07) is -0.249. The Morgan fingerprint density at radius 2 is 1.78 bits per heavy atom. The summed E-state index contributed by atoms with van der Waals surface area (Å²) in [5.74, 6) is -0.146. The van der Waals surface area contributed by atoms with E-state index in [0.29, 0.717) is 0 Å². The highest BCUT2D eigenvalue weighted by atomic mass is 32.2. The van der Waals surface area contributed by atoms with Gasteiger partial charge in [0.2, 0.25) is 0 Å². The quantitative estimate of drug-likeness (QED) is 0.772. The molecule has 0 spiro atoms. The van der Waals surface area contributed by atoms with Crippen LogP contribution in [0.25, 0.3) is 0 Å². The summed E-state index contributed by atoms with van der Waals surface area (Å²) in [7, 11) is -3.45. The van der Waals surface area contributed by atoms with Crippen LogP contribution in [0.1, 0.15) is 34.6 Å². The molecule has 0 saturated heterocycles. The SMILES string of the molecule is CC(COS(C)(=O)=O)C(C)NC(=O)OC(C)(C)C. The molecule has 1 amide bonds. The first kappa shape index (κ1) is 17.2. The fourth-order valence-electron chi connectivity index (χ4n) is 1.01. The van der Waals surface area contributed by atoms with Gasteiger partial charge in [0.25, 0.3) is 10.1 Å². The third-order valence-corrected chi connectivity index (χ3v) is 2.71. The average molecular weight is 281 g/mol. The minimum absolute atomic E-state index is 0.0236. The Kier molecular flexibility index (Phi) is 6.09. The molecule has 0 aromatic carbocycles. The van der Waals surface area contributed by atoms with E-state index in [-0.39, 0.29) is 18.6 Å². The molecule has 0 bridgehead atoms. The molecule has 0 heterocycles. The van der Waals surface area contributed by atoms with Crippen LogP contribution in [-0.2, 0) is 19.0 Å². The Hall–Kier alpha value is -0.820. The summed E-state index contributed by atoms with van der Waals surface area (Å²) >= 11 is 0. The molecule has 18 heavy (non-hydrogen) atoms. The van der Waals surface area contributed by atoms with Crippen LogP contribution in [0.5, 0.6) is 0 Å². The summed E-state index contributed by atoms with van der Waals surface area (Å²) in [4.78, 5) is 11.5. The smallest absolute Gasteiger partial charge is 0.407 e. The lowest BCUT2D eigenvalue weighted by Gasteiger charge is -2.24. The number of hydrogen-bond acceptors (Lipinski definition) is 5. The van der Waals surface area contributed by atoms with Gasteiger partial charge in [0, 0.05) is 12.0 Å². The van der Waals surface area contributed by atoms with Gasteiger partial charge >= 0.3 is 6.09 Å². The predicted molar refractivity (Wildman–Crippen MR) is 68.8 cm³/mol. The second-order valence-corrected chi connectivity index (χ2v) is 7.04. The van der Waals surface area contributed by atoms with E-state index in [2.05, 4.69) is 9.50 Å². The summed E-state index contributed by atoms with van der Waals surface area (Å²) in [5, 5.41) is 2.64. The number of amides is 1. The van der Waals surface area contributed by atoms with Crippen LogP contribution in [0, 0.1) is 5.92 Å². The summed E-state index contributed by atoms with van der Waals surface area (Å²) in [5.41, 5.74) is -0.559. The maximum atomic E-state index is 11.5. The molecule has 0 aliphatic rings. The highest BCUT2D eigenvalue weighted by molar-refractivity contribution is 7.85. The van der Waals surface area contributed by atoms with Gasteiger partial charge in [0.15, 0.2) is 0 Å². The van der Waals surface area contributed by atoms with Gasteiger partial charge in [-0.2, -0.15) is 8.42 Å². The molecule has 108 valence electrons. The van der Waals surface area contributed by atoms with Crippen LogP contribution in [0.4, 0.5) is 4.79 Å². The molecule has 0 aromatic rings. The summed E-state index contributed by atoms with van der Waals surface area (Å²) in [6.45, 7) is 8.89. The fourth-order valence-corrected chi connectivity index (χ4v) is 1.47. The molecule has 2 atom stereocenters. The molecule has 0 fully saturated rings. The molecule has 1 N–H and O–H groups in total. The molecular formula is C11H23NO5S. The predicted octanol–water partition coefficient (Wildman–Crippen LogP) is 1.51. The van der Waals surface area contributed by atoms with Crippen molar-refractivity contribution in [2.24, 2.45) is 5.92 Å². The number of alkyl carbamates (subject to hydrolysis) is 1. The van der Waals surface area contributed by atoms with E-state index < -0.39 is 21.8 Å². The second kappa shape index (κ2) is 6.38. The summed E-state index contributed by atoms with van der Waals surface area (Å²) < 4.78 is 31.4. The van der Waals surface area contributed by atoms with Gasteiger partial charge in [0.1, 0.15) is 5.60 Å². The molecule has 0 aromatic heterocycles. The van der Waals surface area contributed by atoms with E-state index in [1.54, 1.807) is 34.6 Å². The minimum Gasteiger partial charge on any atom is -0.444 e. The first-order valence-electron chi connectivity index (χ1n) is 5.74. The molecule has 0 aliphatic heterocycles. The van der Waals surface area contributed by atoms with Crippen molar-refractivity contribution in [1.82, 2.24) is 5.32 Å². The lowest BCUT2D eigenvalue weighted by Crippen LogP contribution is -2.41. The van der Waals surface area contributed by atoms with Gasteiger partial charge in [-0.1, -0.05) is 6.92 Å². The van der Waals surface area contributed by atoms with Gasteiger partial charge in [-0.15, -0.1) is 0 Å². The van der Waals surface area contributed by atoms with Crippen molar-refractivity contribution in [2.75, 3.05) is 12.9 Å². The van der Waals surface area contributed by atoms with Gasteiger partial charge < -0.3 is 10.1 Å². The number of carbonyl (C=O) groups is 1. The highest BCUT2D eigenvalue weighted by Crippen LogP contribution is 2.09. The second-order valence-electron chi connectivity index (χ2n) is 5.40. The minimum atomic E-state index is -3.45. The van der Waals surface area contributed by atoms with Crippen LogP contribution in [-0.4, -0.2) is 39.0 Å². The Bertz CT molecular complexity index is 371. The van der Waals surface area contributed by atoms with Crippen molar-refractivity contribution in [3.63, 3.8) is 0 Å². The lowest BCUT2D eigenvalue weighted by molar-refractivity contribution is 0.0487. The number of ether oxygens (including phenoxy) is 1. The van der Waals surface area contributed by atoms with E-state index in [0.717, 1.165) is 6.26 Å². The average Bonchev–Trinajstić information content (AvgIpc) is 2.09. The van der Waals surface area contributed by atoms with Crippen molar-refractivity contribution >= 4 is 16.2 Å². The zero-order valence-electron chi connectivity index (χ0n) is 11.8. The standard InChI is InChI=1S/C11H23NO5S/c1-8(7-16-18(6,14)15)9(2)12-10(13)17-11(3,4)5/h8-9H,7H2,1-6H3,(H,12,13). The van der Waals surface area contributed by atoms with Crippen LogP contribution in [0.15, 0.2) is 0 Å². The van der Waals surface area contributed by atoms with Crippen molar-refractivity contribution < 1.29 is 22.1 Å². The third kappa shape index (κ3) is 9.23. The van der Waals surface area contributed by atoms with Crippen LogP contribution in [0.3, 0.4) is 0 Å². The first-order valence-corrected chi connectivity index (χ1v) is 7.56. The van der Waals surface area contributed by atoms with Crippen LogP contribution >= 0.6 is 0 Å². The Morgan fingerprint density at radius 3 is 2.17 bits per heavy atom. The number of hydrogen-bond donors (Lipinski definition) is 1. The molecule has 2 unspecified atom stereocenters. The highest BCUT2D eigenvalue weighted by Gasteiger charge is 2.21. The molecule has 0 saturated carbocycles. The monoisotopic (exact) mass is 281 g/mol. The molecule has 0 rings (SSSR count). The van der Waals surface area contributed by atoms with Crippen molar-refractivity contribution in [3.05, 3.63) is 0 Å². The zero-order valence-corrected chi connectivity index (χ0v) is 12.6. The maximum absolute atomic E-state index is 11.5. The van der Waals surface area contributed by atoms with Crippen LogP contribution in [0.2, 0.25) is 0 Å². The molecule has 0 aliphatic carbocycles. The first-order chi connectivity index (χ1) is 7.91. The lowest BCUT2D eigenvalue weighted by atomic mass is 10.1. The third-order valence-electron chi connectivity index (χ3n) is 2.14. The summed E-state index contributed by atoms with van der Waals surface area (Å²) in [6.07, 6.45) is 0.465. The number of carbonyl (C=O) groups excluding carboxylic acids is 1. The van der Waals surface area contributed by atoms with Crippen LogP contribution < -0.4 is 5.32 Å². The van der Waals surface area contributed by atoms with E-state index in [9.17, 15) is 13.2 Å². The zero-order chi connectivity index (χ0) is 14.6. The molecule has 0 radical (unpaired) electrons. The van der Waals surface area contributed by atoms with Crippen molar-refractivity contribution in [3.8, 4) is 0 Å². The maximum Gasteiger partial charge on any atom is 0.407 e. The number of nitrogens with one attached hydrogen (secondary N) is 1. The van der Waals surface area contributed by atoms with Gasteiger partial charge in [-0.05, 0) is 27.7 Å². The van der Waals surface area contributed by atoms with E-state index in [1.165, 1.54) is 0 Å². The van der Waals surface area contributed by atoms with Gasteiger partial charge in [-0.3, -0.25) is 4.18 Å². The normalized spacial score (nSPS) is 15.9. The Morgan fingerprint density at radius 1 is 1.28 bits per heavy atom. The topological polar surface area (TPSA) is 81.7 Å². The molecule has 6 nitrogen and oxygen atoms in total. The largest absolute Gasteiger partial charge is 0.444 e. The van der Waals surface area contributed by atoms with Gasteiger partial charge in [-0.25, -0.2) is 4.79 Å². The van der Waals surface area contributed by atoms with E-state index >= 15 is 0 Å². The molecular weight excluding hydrogens is 258 g/mol. The van der Waals surface area contributed by atoms with E-state index in [4.69, 9.17) is 4.74 Å². The number of rotatable bonds is 5. The van der Waals surface area contributed by atoms with E-state index in [1.807, 2.05) is 0 Å². The van der Waals surface area contributed by atoms with Gasteiger partial charge in [0.05, 0.1) is 12.9 Å². The Labute approximate surface area is 109 Å². The Balaban J connectivity index is 4.16. The van der Waals surface area contributed by atoms with Crippen molar-refractivity contribution in [1.29, 1.82) is 0 Å². The molecule has 7 heteroatoms.